The van der Waals surface area contributed by atoms with E-state index in [1.807, 2.05) is 48.2 Å². The van der Waals surface area contributed by atoms with Crippen molar-refractivity contribution in [3.8, 4) is 17.0 Å². The normalized spacial score (nSPS) is 24.9. The fraction of sp³-hybridized carbons (Fsp3) is 0.407. The molecule has 1 amide bonds. The first-order valence-electron chi connectivity index (χ1n) is 12.5. The second kappa shape index (κ2) is 7.64. The Morgan fingerprint density at radius 1 is 1.19 bits per heavy atom. The van der Waals surface area contributed by atoms with E-state index in [1.54, 1.807) is 16.9 Å². The van der Waals surface area contributed by atoms with Gasteiger partial charge in [0, 0.05) is 42.7 Å². The Bertz CT molecular complexity index is 1490. The van der Waals surface area contributed by atoms with Crippen LogP contribution in [0.2, 0.25) is 0 Å². The molecule has 1 N–H and O–H groups in total. The predicted octanol–water partition coefficient (Wildman–Crippen LogP) is 4.13. The standard InChI is InChI=1S/C27H28N6O3/c1-26-14-27(15-26,16-35-26)22-13-33-12-19(21(9-24(33)30-22)36-18-5-3-6-18)25(34)31-23-8-4-7-20(29-23)17-10-28-32(2)11-17/h4,7-13,18H,3,5-6,14-16H2,1-2H3,(H,29,31,34). The number of hydrogen-bond acceptors (Lipinski definition) is 6. The third kappa shape index (κ3) is 3.49. The molecule has 0 aromatic carbocycles. The maximum absolute atomic E-state index is 13.5. The summed E-state index contributed by atoms with van der Waals surface area (Å²) in [5.74, 6) is 0.762. The number of ether oxygens (including phenoxy) is 2. The lowest BCUT2D eigenvalue weighted by molar-refractivity contribution is 0.0154. The van der Waals surface area contributed by atoms with Crippen molar-refractivity contribution in [3.05, 3.63) is 60.3 Å². The zero-order valence-corrected chi connectivity index (χ0v) is 20.4. The van der Waals surface area contributed by atoms with E-state index >= 15 is 0 Å². The highest BCUT2D eigenvalue weighted by Gasteiger charge is 2.61. The van der Waals surface area contributed by atoms with Crippen LogP contribution in [0.1, 0.15) is 55.1 Å². The van der Waals surface area contributed by atoms with Gasteiger partial charge in [-0.3, -0.25) is 9.48 Å². The first-order chi connectivity index (χ1) is 17.4. The van der Waals surface area contributed by atoms with Gasteiger partial charge >= 0.3 is 0 Å². The van der Waals surface area contributed by atoms with Gasteiger partial charge in [-0.15, -0.1) is 0 Å². The second-order valence-corrected chi connectivity index (χ2v) is 10.8. The molecule has 6 heterocycles. The molecule has 0 radical (unpaired) electrons. The molecule has 2 bridgehead atoms. The highest BCUT2D eigenvalue weighted by molar-refractivity contribution is 6.06. The Labute approximate surface area is 208 Å². The van der Waals surface area contributed by atoms with E-state index in [4.69, 9.17) is 14.5 Å². The lowest BCUT2D eigenvalue weighted by Gasteiger charge is -2.41. The molecule has 4 aromatic heterocycles. The number of carbonyl (C=O) groups excluding carboxylic acids is 1. The van der Waals surface area contributed by atoms with Crippen molar-refractivity contribution >= 4 is 17.4 Å². The molecule has 184 valence electrons. The summed E-state index contributed by atoms with van der Waals surface area (Å²) in [4.78, 5) is 23.0. The topological polar surface area (TPSA) is 95.6 Å². The minimum Gasteiger partial charge on any atom is -0.489 e. The average molecular weight is 485 g/mol. The fourth-order valence-corrected chi connectivity index (χ4v) is 5.76. The van der Waals surface area contributed by atoms with Crippen LogP contribution in [0.4, 0.5) is 5.82 Å². The van der Waals surface area contributed by atoms with Crippen molar-refractivity contribution in [1.82, 2.24) is 24.1 Å². The van der Waals surface area contributed by atoms with Gasteiger partial charge in [0.05, 0.1) is 41.5 Å². The van der Waals surface area contributed by atoms with E-state index in [0.717, 1.165) is 54.7 Å². The summed E-state index contributed by atoms with van der Waals surface area (Å²) < 4.78 is 15.9. The van der Waals surface area contributed by atoms with Crippen molar-refractivity contribution in [2.45, 2.75) is 56.1 Å². The first-order valence-corrected chi connectivity index (χ1v) is 12.5. The zero-order chi connectivity index (χ0) is 24.5. The monoisotopic (exact) mass is 484 g/mol. The smallest absolute Gasteiger partial charge is 0.262 e. The number of aryl methyl sites for hydroxylation is 1. The van der Waals surface area contributed by atoms with Crippen molar-refractivity contribution in [1.29, 1.82) is 0 Å². The average Bonchev–Trinajstić information content (AvgIpc) is 3.57. The maximum atomic E-state index is 13.5. The number of imidazole rings is 1. The van der Waals surface area contributed by atoms with Gasteiger partial charge in [-0.1, -0.05) is 6.07 Å². The van der Waals surface area contributed by atoms with Crippen LogP contribution >= 0.6 is 0 Å². The molecule has 0 unspecified atom stereocenters. The van der Waals surface area contributed by atoms with Crippen molar-refractivity contribution < 1.29 is 14.3 Å². The minimum atomic E-state index is -0.268. The fourth-order valence-electron chi connectivity index (χ4n) is 5.76. The number of hydrogen-bond donors (Lipinski definition) is 1. The summed E-state index contributed by atoms with van der Waals surface area (Å²) in [5, 5.41) is 7.17. The van der Waals surface area contributed by atoms with Crippen LogP contribution in [0.3, 0.4) is 0 Å². The van der Waals surface area contributed by atoms with Gasteiger partial charge < -0.3 is 19.2 Å². The number of carbonyl (C=O) groups is 1. The van der Waals surface area contributed by atoms with Crippen LogP contribution < -0.4 is 10.1 Å². The van der Waals surface area contributed by atoms with Crippen LogP contribution in [0.15, 0.2) is 49.1 Å². The summed E-state index contributed by atoms with van der Waals surface area (Å²) in [5.41, 5.74) is 3.86. The molecule has 0 spiro atoms. The SMILES string of the molecule is Cn1cc(-c2cccc(NC(=O)c3cn4cc(C56COC(C)(C5)C6)nc4cc3OC3CCC3)n2)cn1. The van der Waals surface area contributed by atoms with Gasteiger partial charge in [0.15, 0.2) is 0 Å². The molecular weight excluding hydrogens is 456 g/mol. The van der Waals surface area contributed by atoms with Gasteiger partial charge in [0.25, 0.3) is 5.91 Å². The van der Waals surface area contributed by atoms with E-state index in [2.05, 4.69) is 22.3 Å². The van der Waals surface area contributed by atoms with E-state index in [0.29, 0.717) is 23.7 Å². The Hall–Kier alpha value is -3.72. The quantitative estimate of drug-likeness (QED) is 0.442. The van der Waals surface area contributed by atoms with Crippen molar-refractivity contribution in [3.63, 3.8) is 0 Å². The number of amides is 1. The molecule has 4 aliphatic rings. The molecule has 2 aliphatic heterocycles. The molecule has 4 fully saturated rings. The summed E-state index contributed by atoms with van der Waals surface area (Å²) in [6.45, 7) is 2.86. The van der Waals surface area contributed by atoms with Gasteiger partial charge in [-0.25, -0.2) is 9.97 Å². The van der Waals surface area contributed by atoms with Gasteiger partial charge in [-0.2, -0.15) is 5.10 Å². The molecule has 2 saturated heterocycles. The molecule has 4 aromatic rings. The van der Waals surface area contributed by atoms with E-state index in [1.165, 1.54) is 0 Å². The van der Waals surface area contributed by atoms with Crippen LogP contribution in [0.25, 0.3) is 16.9 Å². The van der Waals surface area contributed by atoms with Gasteiger partial charge in [0.1, 0.15) is 17.2 Å². The van der Waals surface area contributed by atoms with Gasteiger partial charge in [-0.05, 0) is 51.2 Å². The third-order valence-corrected chi connectivity index (χ3v) is 7.80. The van der Waals surface area contributed by atoms with Crippen LogP contribution in [-0.2, 0) is 17.2 Å². The Kier molecular flexibility index (Phi) is 4.57. The van der Waals surface area contributed by atoms with Gasteiger partial charge in [0.2, 0.25) is 0 Å². The molecule has 2 saturated carbocycles. The van der Waals surface area contributed by atoms with Crippen LogP contribution in [0, 0.1) is 0 Å². The second-order valence-electron chi connectivity index (χ2n) is 10.8. The zero-order valence-electron chi connectivity index (χ0n) is 20.4. The van der Waals surface area contributed by atoms with E-state index < -0.39 is 0 Å². The summed E-state index contributed by atoms with van der Waals surface area (Å²) >= 11 is 0. The maximum Gasteiger partial charge on any atom is 0.262 e. The number of fused-ring (bicyclic) bond motifs is 2. The number of pyridine rings is 2. The lowest BCUT2D eigenvalue weighted by atomic mass is 9.62. The highest BCUT2D eigenvalue weighted by atomic mass is 16.5. The molecule has 9 nitrogen and oxygen atoms in total. The number of aromatic nitrogens is 5. The predicted molar refractivity (Wildman–Crippen MR) is 133 cm³/mol. The molecule has 0 atom stereocenters. The number of nitrogens with one attached hydrogen (secondary N) is 1. The largest absolute Gasteiger partial charge is 0.489 e. The third-order valence-electron chi connectivity index (χ3n) is 7.80. The number of rotatable bonds is 6. The molecule has 9 heteroatoms. The Balaban J connectivity index is 1.21. The molecule has 8 rings (SSSR count). The minimum absolute atomic E-state index is 0.0172. The van der Waals surface area contributed by atoms with Crippen LogP contribution in [-0.4, -0.2) is 48.4 Å². The molecule has 36 heavy (non-hydrogen) atoms. The Morgan fingerprint density at radius 2 is 2.06 bits per heavy atom. The number of anilines is 1. The number of nitrogens with zero attached hydrogens (tertiary/aromatic N) is 5. The van der Waals surface area contributed by atoms with Crippen LogP contribution in [0.5, 0.6) is 5.75 Å². The molecular formula is C27H28N6O3. The summed E-state index contributed by atoms with van der Waals surface area (Å²) in [6, 6.07) is 7.44. The van der Waals surface area contributed by atoms with Crippen molar-refractivity contribution in [2.75, 3.05) is 11.9 Å². The summed E-state index contributed by atoms with van der Waals surface area (Å²) in [6.07, 6.45) is 12.8. The highest BCUT2D eigenvalue weighted by Crippen LogP contribution is 2.58. The van der Waals surface area contributed by atoms with E-state index in [-0.39, 0.29) is 23.0 Å². The molecule has 2 aliphatic carbocycles. The van der Waals surface area contributed by atoms with E-state index in [9.17, 15) is 4.79 Å². The first kappa shape index (κ1) is 21.6. The lowest BCUT2D eigenvalue weighted by Crippen LogP contribution is -2.45. The Morgan fingerprint density at radius 3 is 2.75 bits per heavy atom. The van der Waals surface area contributed by atoms with Crippen molar-refractivity contribution in [2.24, 2.45) is 7.05 Å². The summed E-state index contributed by atoms with van der Waals surface area (Å²) in [7, 11) is 1.86.